The van der Waals surface area contributed by atoms with Crippen LogP contribution in [-0.4, -0.2) is 0 Å². The maximum Gasteiger partial charge on any atom is 0.0607 e. The van der Waals surface area contributed by atoms with Crippen molar-refractivity contribution in [1.29, 1.82) is 0 Å². The number of hydrogen-bond acceptors (Lipinski definition) is 0. The molecule has 61 valence electrons. The Bertz CT molecular complexity index is 236. The summed E-state index contributed by atoms with van der Waals surface area (Å²) in [6.07, 6.45) is 13.4. The molecule has 12 heavy (non-hydrogen) atoms. The Morgan fingerprint density at radius 3 is 2.50 bits per heavy atom. The van der Waals surface area contributed by atoms with Crippen LogP contribution in [0.25, 0.3) is 0 Å². The van der Waals surface area contributed by atoms with Gasteiger partial charge in [0.05, 0.1) is 5.92 Å². The van der Waals surface area contributed by atoms with Gasteiger partial charge in [-0.2, -0.15) is 0 Å². The van der Waals surface area contributed by atoms with E-state index in [4.69, 9.17) is 12.8 Å². The molecule has 0 rings (SSSR count). The standard InChI is InChI=1S/C12H13/c1-4-7-10-12(9-6-3)11-8-5-2/h1,3H,5,7,9-10H2,2H3. The van der Waals surface area contributed by atoms with Gasteiger partial charge in [-0.3, -0.25) is 0 Å². The van der Waals surface area contributed by atoms with E-state index in [0.717, 1.165) is 25.2 Å². The fourth-order valence-electron chi connectivity index (χ4n) is 0.755. The van der Waals surface area contributed by atoms with Gasteiger partial charge in [-0.15, -0.1) is 30.6 Å². The van der Waals surface area contributed by atoms with Crippen LogP contribution in [0.2, 0.25) is 0 Å². The molecule has 1 radical (unpaired) electrons. The monoisotopic (exact) mass is 157 g/mol. The molecule has 0 bridgehead atoms. The van der Waals surface area contributed by atoms with Gasteiger partial charge in [0.15, 0.2) is 0 Å². The predicted octanol–water partition coefficient (Wildman–Crippen LogP) is 2.41. The normalized spacial score (nSPS) is 8.00. The van der Waals surface area contributed by atoms with Gasteiger partial charge in [-0.25, -0.2) is 0 Å². The minimum Gasteiger partial charge on any atom is -0.120 e. The van der Waals surface area contributed by atoms with Gasteiger partial charge in [0.25, 0.3) is 0 Å². The first-order valence-electron chi connectivity index (χ1n) is 4.05. The molecule has 0 heterocycles. The third-order valence-electron chi connectivity index (χ3n) is 1.33. The van der Waals surface area contributed by atoms with E-state index in [1.807, 2.05) is 6.92 Å². The highest BCUT2D eigenvalue weighted by Crippen LogP contribution is 2.11. The van der Waals surface area contributed by atoms with Crippen LogP contribution in [0, 0.1) is 42.4 Å². The summed E-state index contributed by atoms with van der Waals surface area (Å²) < 4.78 is 0. The van der Waals surface area contributed by atoms with E-state index in [1.54, 1.807) is 0 Å². The van der Waals surface area contributed by atoms with Gasteiger partial charge in [0.2, 0.25) is 0 Å². The average molecular weight is 157 g/mol. The van der Waals surface area contributed by atoms with Crippen molar-refractivity contribution in [3.05, 3.63) is 5.92 Å². The van der Waals surface area contributed by atoms with Crippen LogP contribution in [0.3, 0.4) is 0 Å². The van der Waals surface area contributed by atoms with Crippen LogP contribution in [0.15, 0.2) is 0 Å². The Labute approximate surface area is 75.8 Å². The Balaban J connectivity index is 3.89. The molecule has 0 aromatic carbocycles. The maximum absolute atomic E-state index is 5.18. The molecule has 0 spiro atoms. The number of terminal acetylenes is 2. The lowest BCUT2D eigenvalue weighted by atomic mass is 10.0. The third kappa shape index (κ3) is 5.46. The molecule has 0 saturated heterocycles. The van der Waals surface area contributed by atoms with Gasteiger partial charge in [0, 0.05) is 19.3 Å². The maximum atomic E-state index is 5.18. The fourth-order valence-corrected chi connectivity index (χ4v) is 0.755. The summed E-state index contributed by atoms with van der Waals surface area (Å²) in [5.74, 6) is 12.3. The van der Waals surface area contributed by atoms with E-state index in [-0.39, 0.29) is 0 Å². The number of rotatable bonds is 3. The SMILES string of the molecule is C#CCC[C](C#CCC)CC#C. The molecule has 0 nitrogen and oxygen atoms in total. The smallest absolute Gasteiger partial charge is 0.0607 e. The quantitative estimate of drug-likeness (QED) is 0.552. The van der Waals surface area contributed by atoms with Crippen molar-refractivity contribution in [2.24, 2.45) is 0 Å². The van der Waals surface area contributed by atoms with Gasteiger partial charge >= 0.3 is 0 Å². The molecule has 0 aliphatic carbocycles. The zero-order chi connectivity index (χ0) is 9.23. The topological polar surface area (TPSA) is 0 Å². The minimum absolute atomic E-state index is 0.634. The van der Waals surface area contributed by atoms with Crippen molar-refractivity contribution in [3.8, 4) is 36.5 Å². The summed E-state index contributed by atoms with van der Waals surface area (Å²) in [7, 11) is 0. The van der Waals surface area contributed by atoms with Gasteiger partial charge in [0.1, 0.15) is 0 Å². The largest absolute Gasteiger partial charge is 0.120 e. The Morgan fingerprint density at radius 1 is 1.25 bits per heavy atom. The second kappa shape index (κ2) is 7.78. The van der Waals surface area contributed by atoms with Crippen LogP contribution < -0.4 is 0 Å². The fraction of sp³-hybridized carbons (Fsp3) is 0.417. The Kier molecular flexibility index (Phi) is 6.93. The molecule has 0 aliphatic rings. The molecular formula is C12H13. The minimum atomic E-state index is 0.634. The molecule has 0 aromatic rings. The number of hydrogen-bond donors (Lipinski definition) is 0. The summed E-state index contributed by atoms with van der Waals surface area (Å²) in [5.41, 5.74) is 0. The highest BCUT2D eigenvalue weighted by Gasteiger charge is 2.01. The second-order valence-corrected chi connectivity index (χ2v) is 2.34. The van der Waals surface area contributed by atoms with E-state index in [9.17, 15) is 0 Å². The first-order chi connectivity index (χ1) is 5.85. The van der Waals surface area contributed by atoms with Gasteiger partial charge < -0.3 is 0 Å². The molecule has 0 amide bonds. The van der Waals surface area contributed by atoms with Crippen molar-refractivity contribution < 1.29 is 0 Å². The lowest BCUT2D eigenvalue weighted by Gasteiger charge is -2.01. The summed E-state index contributed by atoms with van der Waals surface area (Å²) in [6.45, 7) is 2.02. The Hall–Kier alpha value is -1.32. The third-order valence-corrected chi connectivity index (χ3v) is 1.33. The molecular weight excluding hydrogens is 144 g/mol. The molecule has 0 aromatic heterocycles. The first kappa shape index (κ1) is 10.7. The summed E-state index contributed by atoms with van der Waals surface area (Å²) in [4.78, 5) is 0. The Morgan fingerprint density at radius 2 is 2.00 bits per heavy atom. The zero-order valence-corrected chi connectivity index (χ0v) is 7.48. The van der Waals surface area contributed by atoms with Crippen LogP contribution in [0.1, 0.15) is 32.6 Å². The predicted molar refractivity (Wildman–Crippen MR) is 52.8 cm³/mol. The van der Waals surface area contributed by atoms with Gasteiger partial charge in [-0.05, 0) is 6.42 Å². The van der Waals surface area contributed by atoms with Crippen molar-refractivity contribution in [1.82, 2.24) is 0 Å². The summed E-state index contributed by atoms with van der Waals surface area (Å²) in [6, 6.07) is 0. The van der Waals surface area contributed by atoms with E-state index < -0.39 is 0 Å². The lowest BCUT2D eigenvalue weighted by Crippen LogP contribution is -1.91. The molecule has 0 saturated carbocycles. The first-order valence-corrected chi connectivity index (χ1v) is 4.05. The molecule has 0 heteroatoms. The van der Waals surface area contributed by atoms with Gasteiger partial charge in [-0.1, -0.05) is 12.8 Å². The van der Waals surface area contributed by atoms with Crippen molar-refractivity contribution in [2.75, 3.05) is 0 Å². The summed E-state index contributed by atoms with van der Waals surface area (Å²) >= 11 is 0. The molecule has 0 unspecified atom stereocenters. The zero-order valence-electron chi connectivity index (χ0n) is 7.48. The van der Waals surface area contributed by atoms with Crippen LogP contribution in [0.5, 0.6) is 0 Å². The molecule has 0 N–H and O–H groups in total. The van der Waals surface area contributed by atoms with Crippen molar-refractivity contribution in [3.63, 3.8) is 0 Å². The molecule has 0 atom stereocenters. The van der Waals surface area contributed by atoms with Crippen molar-refractivity contribution in [2.45, 2.75) is 32.6 Å². The van der Waals surface area contributed by atoms with E-state index in [1.165, 1.54) is 0 Å². The highest BCUT2D eigenvalue weighted by atomic mass is 14.0. The highest BCUT2D eigenvalue weighted by molar-refractivity contribution is 5.25. The molecule has 0 fully saturated rings. The van der Waals surface area contributed by atoms with E-state index >= 15 is 0 Å². The van der Waals surface area contributed by atoms with Crippen LogP contribution >= 0.6 is 0 Å². The van der Waals surface area contributed by atoms with Crippen LogP contribution in [-0.2, 0) is 0 Å². The molecule has 0 aliphatic heterocycles. The lowest BCUT2D eigenvalue weighted by molar-refractivity contribution is 0.890. The van der Waals surface area contributed by atoms with E-state index in [0.29, 0.717) is 6.42 Å². The van der Waals surface area contributed by atoms with E-state index in [2.05, 4.69) is 23.7 Å². The van der Waals surface area contributed by atoms with Crippen LogP contribution in [0.4, 0.5) is 0 Å². The second-order valence-electron chi connectivity index (χ2n) is 2.34. The summed E-state index contributed by atoms with van der Waals surface area (Å²) in [5, 5.41) is 0. The van der Waals surface area contributed by atoms with Crippen molar-refractivity contribution >= 4 is 0 Å². The average Bonchev–Trinajstić information content (AvgIpc) is 2.10.